The molecule has 0 saturated heterocycles. The van der Waals surface area contributed by atoms with Gasteiger partial charge in [0.25, 0.3) is 5.91 Å². The van der Waals surface area contributed by atoms with Crippen molar-refractivity contribution in [2.24, 2.45) is 0 Å². The Morgan fingerprint density at radius 3 is 2.30 bits per heavy atom. The molecule has 0 aliphatic heterocycles. The van der Waals surface area contributed by atoms with Crippen molar-refractivity contribution < 1.29 is 14.8 Å². The quantitative estimate of drug-likeness (QED) is 0.736. The average molecular weight is 269 g/mol. The first-order chi connectivity index (χ1) is 9.59. The lowest BCUT2D eigenvalue weighted by molar-refractivity contribution is 0.0945. The predicted octanol–water partition coefficient (Wildman–Crippen LogP) is 1.48. The van der Waals surface area contributed by atoms with Crippen molar-refractivity contribution in [1.29, 1.82) is 0 Å². The summed E-state index contributed by atoms with van der Waals surface area (Å²) in [5, 5.41) is 20.7. The second-order valence-electron chi connectivity index (χ2n) is 4.59. The van der Waals surface area contributed by atoms with Crippen molar-refractivity contribution in [2.75, 3.05) is 0 Å². The smallest absolute Gasteiger partial charge is 0.426 e. The molecular formula is C15H16BNO3. The zero-order valence-corrected chi connectivity index (χ0v) is 11.2. The van der Waals surface area contributed by atoms with E-state index in [1.165, 1.54) is 6.92 Å². The van der Waals surface area contributed by atoms with Gasteiger partial charge in [-0.1, -0.05) is 48.5 Å². The van der Waals surface area contributed by atoms with Gasteiger partial charge in [0, 0.05) is 5.56 Å². The number of hydrogen-bond acceptors (Lipinski definition) is 3. The molecule has 0 saturated carbocycles. The molecule has 2 aromatic rings. The molecule has 0 aromatic heterocycles. The summed E-state index contributed by atoms with van der Waals surface area (Å²) in [4.78, 5) is 12.2. The molecule has 0 radical (unpaired) electrons. The summed E-state index contributed by atoms with van der Waals surface area (Å²) in [5.41, 5.74) is 2.26. The van der Waals surface area contributed by atoms with Crippen LogP contribution in [0.1, 0.15) is 17.3 Å². The number of rotatable bonds is 4. The summed E-state index contributed by atoms with van der Waals surface area (Å²) in [5.74, 6) is -1.06. The SMILES string of the molecule is C[C@@H](NC(=O)c1ccccc1-c1ccccc1)B(O)O. The normalized spacial score (nSPS) is 11.8. The Kier molecular flexibility index (Phi) is 4.55. The molecule has 0 unspecified atom stereocenters. The van der Waals surface area contributed by atoms with Gasteiger partial charge in [-0.2, -0.15) is 0 Å². The summed E-state index contributed by atoms with van der Waals surface area (Å²) in [6.07, 6.45) is 0. The van der Waals surface area contributed by atoms with Gasteiger partial charge >= 0.3 is 7.12 Å². The van der Waals surface area contributed by atoms with Crippen LogP contribution in [0.5, 0.6) is 0 Å². The van der Waals surface area contributed by atoms with Gasteiger partial charge in [-0.25, -0.2) is 0 Å². The molecular weight excluding hydrogens is 253 g/mol. The van der Waals surface area contributed by atoms with E-state index in [0.29, 0.717) is 5.56 Å². The van der Waals surface area contributed by atoms with E-state index >= 15 is 0 Å². The first-order valence-electron chi connectivity index (χ1n) is 6.41. The highest BCUT2D eigenvalue weighted by molar-refractivity contribution is 6.43. The Labute approximate surface area is 118 Å². The molecule has 0 aliphatic rings. The molecule has 0 aliphatic carbocycles. The molecule has 0 heterocycles. The van der Waals surface area contributed by atoms with Crippen LogP contribution in [0, 0.1) is 0 Å². The van der Waals surface area contributed by atoms with Gasteiger partial charge in [0.05, 0.1) is 5.94 Å². The van der Waals surface area contributed by atoms with Crippen molar-refractivity contribution >= 4 is 13.0 Å². The van der Waals surface area contributed by atoms with E-state index in [9.17, 15) is 4.79 Å². The monoisotopic (exact) mass is 269 g/mol. The molecule has 2 rings (SSSR count). The van der Waals surface area contributed by atoms with Gasteiger partial charge in [0.2, 0.25) is 0 Å². The maximum absolute atomic E-state index is 12.2. The second-order valence-corrected chi connectivity index (χ2v) is 4.59. The van der Waals surface area contributed by atoms with Gasteiger partial charge in [-0.3, -0.25) is 4.79 Å². The predicted molar refractivity (Wildman–Crippen MR) is 79.0 cm³/mol. The van der Waals surface area contributed by atoms with E-state index in [1.54, 1.807) is 12.1 Å². The van der Waals surface area contributed by atoms with E-state index in [0.717, 1.165) is 11.1 Å². The molecule has 0 bridgehead atoms. The fraction of sp³-hybridized carbons (Fsp3) is 0.133. The van der Waals surface area contributed by atoms with E-state index in [2.05, 4.69) is 5.32 Å². The molecule has 3 N–H and O–H groups in total. The minimum absolute atomic E-state index is 0.329. The summed E-state index contributed by atoms with van der Waals surface area (Å²) in [6.45, 7) is 1.54. The van der Waals surface area contributed by atoms with Crippen molar-refractivity contribution in [3.8, 4) is 11.1 Å². The molecule has 5 heteroatoms. The third-order valence-electron chi connectivity index (χ3n) is 3.06. The molecule has 102 valence electrons. The number of nitrogens with one attached hydrogen (secondary N) is 1. The lowest BCUT2D eigenvalue weighted by Crippen LogP contribution is -2.44. The molecule has 4 nitrogen and oxygen atoms in total. The Balaban J connectivity index is 2.31. The van der Waals surface area contributed by atoms with Crippen LogP contribution in [0.4, 0.5) is 0 Å². The van der Waals surface area contributed by atoms with Crippen molar-refractivity contribution in [3.05, 3.63) is 60.2 Å². The standard InChI is InChI=1S/C15H16BNO3/c1-11(16(19)20)17-15(18)14-10-6-5-9-13(14)12-7-3-2-4-8-12/h2-11,19-20H,1H3,(H,17,18)/t11-/m1/s1. The van der Waals surface area contributed by atoms with E-state index in [-0.39, 0.29) is 5.91 Å². The molecule has 1 atom stereocenters. The molecule has 0 spiro atoms. The third-order valence-corrected chi connectivity index (χ3v) is 3.06. The van der Waals surface area contributed by atoms with Crippen molar-refractivity contribution in [1.82, 2.24) is 5.32 Å². The maximum Gasteiger partial charge on any atom is 0.475 e. The van der Waals surface area contributed by atoms with Crippen LogP contribution in [-0.2, 0) is 0 Å². The number of hydrogen-bond donors (Lipinski definition) is 3. The van der Waals surface area contributed by atoms with Crippen LogP contribution in [-0.4, -0.2) is 29.0 Å². The van der Waals surface area contributed by atoms with Gasteiger partial charge in [-0.15, -0.1) is 0 Å². The zero-order valence-electron chi connectivity index (χ0n) is 11.2. The van der Waals surface area contributed by atoms with E-state index in [1.807, 2.05) is 42.5 Å². The second kappa shape index (κ2) is 6.37. The van der Waals surface area contributed by atoms with Gasteiger partial charge in [0.1, 0.15) is 0 Å². The Hall–Kier alpha value is -2.11. The Bertz CT molecular complexity index is 587. The highest BCUT2D eigenvalue weighted by Crippen LogP contribution is 2.23. The highest BCUT2D eigenvalue weighted by atomic mass is 16.4. The number of carbonyl (C=O) groups is 1. The lowest BCUT2D eigenvalue weighted by atomic mass is 9.81. The third kappa shape index (κ3) is 3.26. The Morgan fingerprint density at radius 2 is 1.65 bits per heavy atom. The number of amides is 1. The van der Waals surface area contributed by atoms with Crippen molar-refractivity contribution in [3.63, 3.8) is 0 Å². The molecule has 20 heavy (non-hydrogen) atoms. The van der Waals surface area contributed by atoms with Crippen LogP contribution >= 0.6 is 0 Å². The van der Waals surface area contributed by atoms with Crippen LogP contribution in [0.2, 0.25) is 0 Å². The van der Waals surface area contributed by atoms with Crippen LogP contribution in [0.3, 0.4) is 0 Å². The van der Waals surface area contributed by atoms with Gasteiger partial charge in [-0.05, 0) is 24.1 Å². The summed E-state index contributed by atoms with van der Waals surface area (Å²) >= 11 is 0. The fourth-order valence-electron chi connectivity index (χ4n) is 1.91. The Morgan fingerprint density at radius 1 is 1.05 bits per heavy atom. The van der Waals surface area contributed by atoms with Gasteiger partial charge < -0.3 is 15.4 Å². The van der Waals surface area contributed by atoms with Crippen LogP contribution < -0.4 is 5.32 Å². The number of benzene rings is 2. The summed E-state index contributed by atoms with van der Waals surface area (Å²) < 4.78 is 0. The zero-order chi connectivity index (χ0) is 14.5. The first-order valence-corrected chi connectivity index (χ1v) is 6.41. The lowest BCUT2D eigenvalue weighted by Gasteiger charge is -2.14. The minimum atomic E-state index is -1.58. The maximum atomic E-state index is 12.2. The highest BCUT2D eigenvalue weighted by Gasteiger charge is 2.22. The summed E-state index contributed by atoms with van der Waals surface area (Å²) in [7, 11) is -1.58. The number of carbonyl (C=O) groups excluding carboxylic acids is 1. The van der Waals surface area contributed by atoms with Crippen molar-refractivity contribution in [2.45, 2.75) is 12.9 Å². The first kappa shape index (κ1) is 14.3. The van der Waals surface area contributed by atoms with Crippen LogP contribution in [0.15, 0.2) is 54.6 Å². The largest absolute Gasteiger partial charge is 0.475 e. The average Bonchev–Trinajstić information content (AvgIpc) is 2.48. The summed E-state index contributed by atoms with van der Waals surface area (Å²) in [6, 6.07) is 16.8. The van der Waals surface area contributed by atoms with Gasteiger partial charge in [0.15, 0.2) is 0 Å². The minimum Gasteiger partial charge on any atom is -0.426 e. The van der Waals surface area contributed by atoms with Crippen LogP contribution in [0.25, 0.3) is 11.1 Å². The molecule has 2 aromatic carbocycles. The van der Waals surface area contributed by atoms with E-state index in [4.69, 9.17) is 10.0 Å². The van der Waals surface area contributed by atoms with E-state index < -0.39 is 13.1 Å². The topological polar surface area (TPSA) is 69.6 Å². The fourth-order valence-corrected chi connectivity index (χ4v) is 1.91. The molecule has 1 amide bonds. The molecule has 0 fully saturated rings.